The van der Waals surface area contributed by atoms with Crippen molar-refractivity contribution >= 4 is 11.7 Å². The van der Waals surface area contributed by atoms with E-state index in [1.807, 2.05) is 37.5 Å². The Morgan fingerprint density at radius 1 is 1.29 bits per heavy atom. The van der Waals surface area contributed by atoms with Crippen molar-refractivity contribution in [3.63, 3.8) is 0 Å². The summed E-state index contributed by atoms with van der Waals surface area (Å²) in [5, 5.41) is 3.03. The number of aryl methyl sites for hydroxylation is 1. The van der Waals surface area contributed by atoms with E-state index in [0.717, 1.165) is 47.8 Å². The highest BCUT2D eigenvalue weighted by molar-refractivity contribution is 5.77. The molecule has 1 unspecified atom stereocenters. The minimum atomic E-state index is 0.0242. The fourth-order valence-corrected chi connectivity index (χ4v) is 4.08. The van der Waals surface area contributed by atoms with E-state index in [-0.39, 0.29) is 18.7 Å². The molecule has 1 N–H and O–H groups in total. The largest absolute Gasteiger partial charge is 0.454 e. The molecule has 2 aliphatic heterocycles. The average molecular weight is 420 g/mol. The van der Waals surface area contributed by atoms with Gasteiger partial charge in [-0.15, -0.1) is 0 Å². The number of benzene rings is 1. The number of anilines is 1. The lowest BCUT2D eigenvalue weighted by molar-refractivity contribution is -0.121. The molecule has 31 heavy (non-hydrogen) atoms. The van der Waals surface area contributed by atoms with Crippen LogP contribution in [0.2, 0.25) is 0 Å². The third kappa shape index (κ3) is 4.03. The summed E-state index contributed by atoms with van der Waals surface area (Å²) in [6.07, 6.45) is 9.44. The van der Waals surface area contributed by atoms with Crippen molar-refractivity contribution < 1.29 is 14.3 Å². The van der Waals surface area contributed by atoms with Crippen molar-refractivity contribution in [1.82, 2.24) is 24.8 Å². The van der Waals surface area contributed by atoms with Gasteiger partial charge in [0.15, 0.2) is 11.5 Å². The van der Waals surface area contributed by atoms with Crippen molar-refractivity contribution in [3.05, 3.63) is 54.2 Å². The van der Waals surface area contributed by atoms with Crippen LogP contribution < -0.4 is 19.7 Å². The maximum absolute atomic E-state index is 12.7. The predicted molar refractivity (Wildman–Crippen MR) is 113 cm³/mol. The second-order valence-electron chi connectivity index (χ2n) is 7.80. The number of ether oxygens (including phenoxy) is 2. The van der Waals surface area contributed by atoms with Crippen molar-refractivity contribution in [2.24, 2.45) is 0 Å². The molecule has 4 heterocycles. The molecule has 0 aliphatic carbocycles. The molecule has 1 aromatic carbocycles. The Morgan fingerprint density at radius 3 is 3.06 bits per heavy atom. The molecule has 0 bridgehead atoms. The Balaban J connectivity index is 1.24. The Labute approximate surface area is 180 Å². The molecule has 160 valence electrons. The van der Waals surface area contributed by atoms with Gasteiger partial charge < -0.3 is 19.7 Å². The molecule has 0 spiro atoms. The number of hydrogen-bond acceptors (Lipinski definition) is 7. The molecule has 1 amide bonds. The number of carbonyl (C=O) groups is 1. The summed E-state index contributed by atoms with van der Waals surface area (Å²) in [5.41, 5.74) is 1.98. The van der Waals surface area contributed by atoms with Crippen LogP contribution in [0.5, 0.6) is 11.5 Å². The maximum atomic E-state index is 12.7. The Bertz CT molecular complexity index is 1080. The highest BCUT2D eigenvalue weighted by Gasteiger charge is 2.29. The van der Waals surface area contributed by atoms with E-state index < -0.39 is 0 Å². The minimum absolute atomic E-state index is 0.0242. The standard InChI is InChI=1S/C22H24N6O3/c1-15-11-25-22(27-8-6-23-13-27)26-21(15)28-7-2-3-17(28)10-20(29)24-12-16-4-5-18-19(9-16)31-14-30-18/h4-6,8-9,11,13,17H,2-3,7,10,12,14H2,1H3,(H,24,29). The van der Waals surface area contributed by atoms with E-state index in [4.69, 9.17) is 14.5 Å². The van der Waals surface area contributed by atoms with Crippen LogP contribution in [-0.2, 0) is 11.3 Å². The molecule has 1 atom stereocenters. The smallest absolute Gasteiger partial charge is 0.236 e. The molecule has 0 saturated carbocycles. The fourth-order valence-electron chi connectivity index (χ4n) is 4.08. The molecule has 2 aromatic heterocycles. The summed E-state index contributed by atoms with van der Waals surface area (Å²) in [7, 11) is 0. The minimum Gasteiger partial charge on any atom is -0.454 e. The van der Waals surface area contributed by atoms with Gasteiger partial charge in [-0.2, -0.15) is 4.98 Å². The van der Waals surface area contributed by atoms with Crippen molar-refractivity contribution in [3.8, 4) is 17.4 Å². The number of rotatable bonds is 6. The first kappa shape index (κ1) is 19.3. The van der Waals surface area contributed by atoms with E-state index in [2.05, 4.69) is 20.2 Å². The monoisotopic (exact) mass is 420 g/mol. The van der Waals surface area contributed by atoms with E-state index in [1.165, 1.54) is 0 Å². The van der Waals surface area contributed by atoms with Gasteiger partial charge in [-0.3, -0.25) is 9.36 Å². The van der Waals surface area contributed by atoms with Crippen molar-refractivity contribution in [2.45, 2.75) is 38.8 Å². The molecule has 3 aromatic rings. The van der Waals surface area contributed by atoms with Crippen LogP contribution in [0.4, 0.5) is 5.82 Å². The van der Waals surface area contributed by atoms with E-state index in [1.54, 1.807) is 17.1 Å². The number of aromatic nitrogens is 4. The van der Waals surface area contributed by atoms with Gasteiger partial charge in [0.05, 0.1) is 0 Å². The molecule has 1 fully saturated rings. The number of imidazole rings is 1. The first-order chi connectivity index (χ1) is 15.2. The lowest BCUT2D eigenvalue weighted by Gasteiger charge is -2.27. The highest BCUT2D eigenvalue weighted by atomic mass is 16.7. The zero-order valence-electron chi connectivity index (χ0n) is 17.3. The molecule has 9 nitrogen and oxygen atoms in total. The Morgan fingerprint density at radius 2 is 2.19 bits per heavy atom. The topological polar surface area (TPSA) is 94.4 Å². The molecule has 5 rings (SSSR count). The number of nitrogens with zero attached hydrogens (tertiary/aromatic N) is 5. The van der Waals surface area contributed by atoms with Gasteiger partial charge in [-0.1, -0.05) is 6.07 Å². The van der Waals surface area contributed by atoms with Crippen LogP contribution in [0.25, 0.3) is 5.95 Å². The number of carbonyl (C=O) groups excluding carboxylic acids is 1. The van der Waals surface area contributed by atoms with Gasteiger partial charge >= 0.3 is 0 Å². The summed E-state index contributed by atoms with van der Waals surface area (Å²) in [5.74, 6) is 2.95. The summed E-state index contributed by atoms with van der Waals surface area (Å²) in [4.78, 5) is 28.2. The molecule has 1 saturated heterocycles. The lowest BCUT2D eigenvalue weighted by atomic mass is 10.1. The van der Waals surface area contributed by atoms with E-state index in [9.17, 15) is 4.79 Å². The third-order valence-electron chi connectivity index (χ3n) is 5.66. The Kier molecular flexibility index (Phi) is 5.15. The Hall–Kier alpha value is -3.62. The van der Waals surface area contributed by atoms with Gasteiger partial charge in [0, 0.05) is 49.7 Å². The molecular formula is C22H24N6O3. The summed E-state index contributed by atoms with van der Waals surface area (Å²) in [6.45, 7) is 3.58. The van der Waals surface area contributed by atoms with Crippen molar-refractivity contribution in [2.75, 3.05) is 18.2 Å². The summed E-state index contributed by atoms with van der Waals surface area (Å²) >= 11 is 0. The molecule has 2 aliphatic rings. The molecule has 0 radical (unpaired) electrons. The quantitative estimate of drug-likeness (QED) is 0.654. The normalized spacial score (nSPS) is 17.2. The highest BCUT2D eigenvalue weighted by Crippen LogP contribution is 2.32. The molecular weight excluding hydrogens is 396 g/mol. The first-order valence-electron chi connectivity index (χ1n) is 10.4. The van der Waals surface area contributed by atoms with Gasteiger partial charge in [0.1, 0.15) is 12.1 Å². The van der Waals surface area contributed by atoms with Gasteiger partial charge in [0.25, 0.3) is 0 Å². The zero-order chi connectivity index (χ0) is 21.2. The van der Waals surface area contributed by atoms with Crippen LogP contribution in [0.1, 0.15) is 30.4 Å². The second kappa shape index (κ2) is 8.25. The van der Waals surface area contributed by atoms with Crippen LogP contribution >= 0.6 is 0 Å². The lowest BCUT2D eigenvalue weighted by Crippen LogP contribution is -2.36. The second-order valence-corrected chi connectivity index (χ2v) is 7.80. The van der Waals surface area contributed by atoms with Crippen LogP contribution in [0.3, 0.4) is 0 Å². The van der Waals surface area contributed by atoms with E-state index >= 15 is 0 Å². The number of amides is 1. The first-order valence-corrected chi connectivity index (χ1v) is 10.4. The van der Waals surface area contributed by atoms with E-state index in [0.29, 0.717) is 18.9 Å². The van der Waals surface area contributed by atoms with Crippen LogP contribution in [-0.4, -0.2) is 44.8 Å². The number of nitrogens with one attached hydrogen (secondary N) is 1. The fraction of sp³-hybridized carbons (Fsp3) is 0.364. The summed E-state index contributed by atoms with van der Waals surface area (Å²) < 4.78 is 12.5. The number of fused-ring (bicyclic) bond motifs is 1. The SMILES string of the molecule is Cc1cnc(-n2ccnc2)nc1N1CCCC1CC(=O)NCc1ccc2c(c1)OCO2. The van der Waals surface area contributed by atoms with Crippen LogP contribution in [0, 0.1) is 6.92 Å². The average Bonchev–Trinajstić information content (AvgIpc) is 3.54. The van der Waals surface area contributed by atoms with Crippen molar-refractivity contribution in [1.29, 1.82) is 0 Å². The maximum Gasteiger partial charge on any atom is 0.236 e. The predicted octanol–water partition coefficient (Wildman–Crippen LogP) is 2.37. The van der Waals surface area contributed by atoms with Gasteiger partial charge in [-0.05, 0) is 37.5 Å². The van der Waals surface area contributed by atoms with Crippen LogP contribution in [0.15, 0.2) is 43.1 Å². The van der Waals surface area contributed by atoms with Gasteiger partial charge in [-0.25, -0.2) is 9.97 Å². The zero-order valence-corrected chi connectivity index (χ0v) is 17.3. The summed E-state index contributed by atoms with van der Waals surface area (Å²) in [6, 6.07) is 5.84. The third-order valence-corrected chi connectivity index (χ3v) is 5.66. The van der Waals surface area contributed by atoms with Gasteiger partial charge in [0.2, 0.25) is 18.6 Å². The number of hydrogen-bond donors (Lipinski definition) is 1. The molecule has 9 heteroatoms.